The number of aliphatic hydroxyl groups is 1. The summed E-state index contributed by atoms with van der Waals surface area (Å²) in [6.45, 7) is 8.22. The van der Waals surface area contributed by atoms with Gasteiger partial charge in [0.15, 0.2) is 0 Å². The van der Waals surface area contributed by atoms with E-state index in [1.54, 1.807) is 4.90 Å². The van der Waals surface area contributed by atoms with E-state index in [2.05, 4.69) is 29.2 Å². The van der Waals surface area contributed by atoms with E-state index in [1.165, 1.54) is 12.1 Å². The van der Waals surface area contributed by atoms with Crippen molar-refractivity contribution in [3.8, 4) is 0 Å². The second-order valence-electron chi connectivity index (χ2n) is 12.9. The topological polar surface area (TPSA) is 56.2 Å². The highest BCUT2D eigenvalue weighted by Crippen LogP contribution is 2.22. The van der Waals surface area contributed by atoms with Gasteiger partial charge in [0, 0.05) is 51.4 Å². The summed E-state index contributed by atoms with van der Waals surface area (Å²) in [5.41, 5.74) is 3.15. The summed E-state index contributed by atoms with van der Waals surface area (Å²) in [5.74, 6) is -1.23. The molecule has 250 valence electrons. The van der Waals surface area contributed by atoms with Crippen molar-refractivity contribution >= 4 is 6.09 Å². The van der Waals surface area contributed by atoms with Gasteiger partial charge in [0.05, 0.1) is 6.73 Å². The minimum absolute atomic E-state index is 0.160. The van der Waals surface area contributed by atoms with Gasteiger partial charge in [-0.1, -0.05) is 91.0 Å². The number of nitrogens with zero attached hydrogens (tertiary/aromatic N) is 3. The van der Waals surface area contributed by atoms with Crippen LogP contribution in [-0.4, -0.2) is 63.9 Å². The van der Waals surface area contributed by atoms with Crippen molar-refractivity contribution in [2.24, 2.45) is 0 Å². The predicted octanol–water partition coefficient (Wildman–Crippen LogP) is 7.66. The first-order chi connectivity index (χ1) is 22.6. The molecule has 0 radical (unpaired) electrons. The normalized spacial score (nSPS) is 12.3. The minimum atomic E-state index is -0.693. The Labute approximate surface area is 278 Å². The number of amides is 1. The lowest BCUT2D eigenvalue weighted by molar-refractivity contribution is 0.0174. The summed E-state index contributed by atoms with van der Waals surface area (Å²) < 4.78 is 34.5. The number of benzene rings is 4. The van der Waals surface area contributed by atoms with Crippen LogP contribution in [0, 0.1) is 11.6 Å². The zero-order valence-corrected chi connectivity index (χ0v) is 27.7. The molecule has 0 aliphatic heterocycles. The van der Waals surface area contributed by atoms with Crippen molar-refractivity contribution in [1.29, 1.82) is 0 Å². The molecule has 8 heteroatoms. The summed E-state index contributed by atoms with van der Waals surface area (Å²) in [6.07, 6.45) is 0.464. The Balaban J connectivity index is 1.60. The van der Waals surface area contributed by atoms with Crippen LogP contribution in [0.25, 0.3) is 0 Å². The van der Waals surface area contributed by atoms with E-state index in [9.17, 15) is 18.7 Å². The lowest BCUT2D eigenvalue weighted by Gasteiger charge is -2.35. The maximum absolute atomic E-state index is 14.4. The van der Waals surface area contributed by atoms with Gasteiger partial charge in [-0.2, -0.15) is 0 Å². The predicted molar refractivity (Wildman–Crippen MR) is 182 cm³/mol. The average molecular weight is 644 g/mol. The van der Waals surface area contributed by atoms with Gasteiger partial charge < -0.3 is 14.7 Å². The zero-order valence-electron chi connectivity index (χ0n) is 27.7. The molecule has 1 amide bonds. The number of carbonyl (C=O) groups excluding carboxylic acids is 1. The van der Waals surface area contributed by atoms with Crippen molar-refractivity contribution in [2.75, 3.05) is 26.4 Å². The molecule has 0 bridgehead atoms. The number of hydrogen-bond acceptors (Lipinski definition) is 5. The second-order valence-corrected chi connectivity index (χ2v) is 12.9. The first kappa shape index (κ1) is 35.7. The van der Waals surface area contributed by atoms with Crippen molar-refractivity contribution in [1.82, 2.24) is 14.7 Å². The van der Waals surface area contributed by atoms with Gasteiger partial charge in [-0.15, -0.1) is 0 Å². The van der Waals surface area contributed by atoms with Gasteiger partial charge in [0.25, 0.3) is 0 Å². The molecule has 0 fully saturated rings. The van der Waals surface area contributed by atoms with Crippen LogP contribution in [0.5, 0.6) is 0 Å². The third kappa shape index (κ3) is 12.5. The summed E-state index contributed by atoms with van der Waals surface area (Å²) in [5, 5.41) is 10.1. The van der Waals surface area contributed by atoms with Gasteiger partial charge in [-0.25, -0.2) is 13.6 Å². The molecule has 47 heavy (non-hydrogen) atoms. The molecule has 0 aliphatic carbocycles. The fraction of sp³-hybridized carbons (Fsp3) is 0.359. The maximum atomic E-state index is 14.4. The Kier molecular flexibility index (Phi) is 13.5. The molecule has 0 spiro atoms. The number of carbonyl (C=O) groups is 1. The summed E-state index contributed by atoms with van der Waals surface area (Å²) >= 11 is 0. The average Bonchev–Trinajstić information content (AvgIpc) is 3.03. The number of hydrogen-bond donors (Lipinski definition) is 1. The van der Waals surface area contributed by atoms with E-state index in [-0.39, 0.29) is 12.8 Å². The van der Waals surface area contributed by atoms with Crippen LogP contribution < -0.4 is 0 Å². The fourth-order valence-corrected chi connectivity index (χ4v) is 5.59. The third-order valence-corrected chi connectivity index (χ3v) is 7.89. The fourth-order valence-electron chi connectivity index (χ4n) is 5.59. The van der Waals surface area contributed by atoms with E-state index in [1.807, 2.05) is 92.4 Å². The second kappa shape index (κ2) is 17.7. The Bertz CT molecular complexity index is 1440. The monoisotopic (exact) mass is 643 g/mol. The highest BCUT2D eigenvalue weighted by molar-refractivity contribution is 5.68. The molecule has 1 atom stereocenters. The van der Waals surface area contributed by atoms with E-state index in [4.69, 9.17) is 4.74 Å². The Morgan fingerprint density at radius 3 is 1.66 bits per heavy atom. The van der Waals surface area contributed by atoms with Gasteiger partial charge in [-0.05, 0) is 68.0 Å². The van der Waals surface area contributed by atoms with Crippen molar-refractivity contribution < 1.29 is 23.4 Å². The van der Waals surface area contributed by atoms with Gasteiger partial charge in [-0.3, -0.25) is 9.80 Å². The van der Waals surface area contributed by atoms with Crippen LogP contribution in [-0.2, 0) is 30.8 Å². The van der Waals surface area contributed by atoms with Crippen molar-refractivity contribution in [2.45, 2.75) is 64.9 Å². The molecule has 6 nitrogen and oxygen atoms in total. The molecule has 4 aromatic carbocycles. The lowest BCUT2D eigenvalue weighted by atomic mass is 9.99. The van der Waals surface area contributed by atoms with Crippen molar-refractivity contribution in [3.05, 3.63) is 143 Å². The van der Waals surface area contributed by atoms with Gasteiger partial charge in [0.2, 0.25) is 0 Å². The molecule has 0 aromatic heterocycles. The molecule has 0 saturated carbocycles. The number of rotatable bonds is 16. The van der Waals surface area contributed by atoms with E-state index < -0.39 is 23.3 Å². The smallest absolute Gasteiger partial charge is 0.410 e. The Morgan fingerprint density at radius 2 is 1.19 bits per heavy atom. The first-order valence-electron chi connectivity index (χ1n) is 16.2. The maximum Gasteiger partial charge on any atom is 0.410 e. The molecule has 0 aliphatic rings. The highest BCUT2D eigenvalue weighted by atomic mass is 19.1. The highest BCUT2D eigenvalue weighted by Gasteiger charge is 2.26. The van der Waals surface area contributed by atoms with Crippen LogP contribution in [0.4, 0.5) is 13.6 Å². The van der Waals surface area contributed by atoms with Gasteiger partial charge in [0.1, 0.15) is 17.2 Å². The minimum Gasteiger partial charge on any atom is -0.444 e. The summed E-state index contributed by atoms with van der Waals surface area (Å²) in [6, 6.07) is 33.6. The molecule has 1 unspecified atom stereocenters. The number of ether oxygens (including phenoxy) is 1. The summed E-state index contributed by atoms with van der Waals surface area (Å²) in [4.78, 5) is 19.4. The molecular weight excluding hydrogens is 596 g/mol. The zero-order chi connectivity index (χ0) is 33.6. The standard InChI is InChI=1S/C39H47F2N3O3/c1-39(2,3)47-38(46)43(22-21-42(30-45)27-31-13-7-4-8-14-31)20-19-37(25-34-23-35(40)26-36(41)24-34)44(28-32-15-9-5-10-16-32)29-33-17-11-6-12-18-33/h4-18,23-24,26,37,45H,19-22,25,27-30H2,1-3H3. The largest absolute Gasteiger partial charge is 0.444 e. The molecular formula is C39H47F2N3O3. The molecule has 4 rings (SSSR count). The van der Waals surface area contributed by atoms with Crippen molar-refractivity contribution in [3.63, 3.8) is 0 Å². The SMILES string of the molecule is CC(C)(C)OC(=O)N(CCC(Cc1cc(F)cc(F)c1)N(Cc1ccccc1)Cc1ccccc1)CCN(CO)Cc1ccccc1. The Hall–Kier alpha value is -4.11. The van der Waals surface area contributed by atoms with Crippen LogP contribution >= 0.6 is 0 Å². The molecule has 4 aromatic rings. The lowest BCUT2D eigenvalue weighted by Crippen LogP contribution is -2.44. The molecule has 0 heterocycles. The van der Waals surface area contributed by atoms with E-state index in [0.29, 0.717) is 57.7 Å². The number of halogens is 2. The summed E-state index contributed by atoms with van der Waals surface area (Å²) in [7, 11) is 0. The third-order valence-electron chi connectivity index (χ3n) is 7.89. The Morgan fingerprint density at radius 1 is 0.702 bits per heavy atom. The van der Waals surface area contributed by atoms with Crippen LogP contribution in [0.15, 0.2) is 109 Å². The van der Waals surface area contributed by atoms with E-state index in [0.717, 1.165) is 22.8 Å². The van der Waals surface area contributed by atoms with E-state index >= 15 is 0 Å². The number of aliphatic hydroxyl groups excluding tert-OH is 1. The van der Waals surface area contributed by atoms with Crippen LogP contribution in [0.1, 0.15) is 49.4 Å². The van der Waals surface area contributed by atoms with Crippen LogP contribution in [0.3, 0.4) is 0 Å². The molecule has 1 N–H and O–H groups in total. The first-order valence-corrected chi connectivity index (χ1v) is 16.2. The van der Waals surface area contributed by atoms with Gasteiger partial charge >= 0.3 is 6.09 Å². The molecule has 0 saturated heterocycles. The quantitative estimate of drug-likeness (QED) is 0.127. The van der Waals surface area contributed by atoms with Crippen LogP contribution in [0.2, 0.25) is 0 Å².